The molecule has 0 saturated heterocycles. The molecule has 7 heteroatoms. The molecule has 592 valence electrons. The number of rotatable bonds is 12. The molecule has 1 aromatic heterocycles. The van der Waals surface area contributed by atoms with Crippen molar-refractivity contribution in [3.8, 4) is 102 Å². The van der Waals surface area contributed by atoms with Crippen LogP contribution in [0.1, 0.15) is 91.7 Å². The minimum atomic E-state index is -0.628. The Morgan fingerprint density at radius 1 is 0.226 bits per heavy atom. The summed E-state index contributed by atoms with van der Waals surface area (Å²) in [7, 11) is 0. The monoisotopic (exact) mass is 1610 g/mol. The molecule has 5 aliphatic rings. The molecule has 6 nitrogen and oxygen atoms in total. The number of fused-ring (bicyclic) bond motifs is 18. The van der Waals surface area contributed by atoms with E-state index in [-0.39, 0.29) is 5.41 Å². The number of para-hydroxylation sites is 6. The number of benzene rings is 18. The van der Waals surface area contributed by atoms with Crippen molar-refractivity contribution < 1.29 is 18.9 Å². The summed E-state index contributed by atoms with van der Waals surface area (Å²) >= 11 is 1.86. The van der Waals surface area contributed by atoms with E-state index >= 15 is 0 Å². The SMILES string of the molecule is Cc1cc(C)cc(-c2ccc(N(c3ccc(-c4cc(C)cc(C)c4)cc3)c3ccc4c(c3)C(C)(C)c3cc(C5(c6ccccc6)c6ccccc6-c6c5ccc5c6Oc6ccccc6O5)ccc3-4)cc2)c1.c1ccc(N(c2ccccc2)c2ccc3c(c2)sc2cc(C4(c5ccccc5)c5ccccc5-c5c4ccc4c5Oc5ccccc5O4)ccc23)cc1. The van der Waals surface area contributed by atoms with Crippen LogP contribution in [0.25, 0.3) is 75.8 Å². The molecule has 2 atom stereocenters. The second-order valence-corrected chi connectivity index (χ2v) is 35.1. The number of ether oxygens (including phenoxy) is 4. The molecule has 0 N–H and O–H groups in total. The van der Waals surface area contributed by atoms with Crippen LogP contribution in [-0.2, 0) is 16.2 Å². The van der Waals surface area contributed by atoms with Crippen LogP contribution in [0.4, 0.5) is 34.1 Å². The molecule has 2 unspecified atom stereocenters. The molecular formula is C117H84N2O4S. The highest BCUT2D eigenvalue weighted by Crippen LogP contribution is 2.66. The number of hydrogen-bond donors (Lipinski definition) is 0. The van der Waals surface area contributed by atoms with Gasteiger partial charge in [-0.2, -0.15) is 0 Å². The molecule has 2 aliphatic heterocycles. The van der Waals surface area contributed by atoms with Gasteiger partial charge >= 0.3 is 0 Å². The third-order valence-electron chi connectivity index (χ3n) is 26.1. The van der Waals surface area contributed by atoms with Gasteiger partial charge in [-0.05, 0) is 243 Å². The lowest BCUT2D eigenvalue weighted by Crippen LogP contribution is -2.29. The fourth-order valence-electron chi connectivity index (χ4n) is 20.8. The van der Waals surface area contributed by atoms with Gasteiger partial charge in [-0.15, -0.1) is 11.3 Å². The van der Waals surface area contributed by atoms with Crippen LogP contribution in [0.15, 0.2) is 400 Å². The summed E-state index contributed by atoms with van der Waals surface area (Å²) in [6, 6.07) is 145. The number of nitrogens with zero attached hydrogens (tertiary/aromatic N) is 2. The molecule has 3 aliphatic carbocycles. The van der Waals surface area contributed by atoms with Crippen molar-refractivity contribution in [2.24, 2.45) is 0 Å². The van der Waals surface area contributed by atoms with Crippen molar-refractivity contribution in [2.45, 2.75) is 57.8 Å². The first-order chi connectivity index (χ1) is 60.8. The van der Waals surface area contributed by atoms with E-state index in [4.69, 9.17) is 18.9 Å². The first-order valence-electron chi connectivity index (χ1n) is 42.7. The minimum absolute atomic E-state index is 0.322. The highest BCUT2D eigenvalue weighted by Gasteiger charge is 2.51. The van der Waals surface area contributed by atoms with Crippen LogP contribution < -0.4 is 28.7 Å². The predicted molar refractivity (Wildman–Crippen MR) is 510 cm³/mol. The topological polar surface area (TPSA) is 43.4 Å². The average molecular weight is 1610 g/mol. The van der Waals surface area contributed by atoms with E-state index in [0.29, 0.717) is 0 Å². The van der Waals surface area contributed by atoms with E-state index < -0.39 is 10.8 Å². The predicted octanol–water partition coefficient (Wildman–Crippen LogP) is 32.1. The van der Waals surface area contributed by atoms with Crippen LogP contribution in [0, 0.1) is 27.7 Å². The molecule has 0 radical (unpaired) electrons. The summed E-state index contributed by atoms with van der Waals surface area (Å²) in [5.41, 5.74) is 34.5. The second-order valence-electron chi connectivity index (χ2n) is 34.1. The van der Waals surface area contributed by atoms with E-state index in [1.165, 1.54) is 131 Å². The lowest BCUT2D eigenvalue weighted by atomic mass is 9.66. The smallest absolute Gasteiger partial charge is 0.178 e. The Bertz CT molecular complexity index is 7330. The number of hydrogen-bond acceptors (Lipinski definition) is 7. The Morgan fingerprint density at radius 3 is 1.06 bits per heavy atom. The fourth-order valence-corrected chi connectivity index (χ4v) is 22.0. The summed E-state index contributed by atoms with van der Waals surface area (Å²) in [5.74, 6) is 5.90. The maximum absolute atomic E-state index is 6.83. The summed E-state index contributed by atoms with van der Waals surface area (Å²) in [6.45, 7) is 13.5. The van der Waals surface area contributed by atoms with E-state index in [2.05, 4.69) is 403 Å². The summed E-state index contributed by atoms with van der Waals surface area (Å²) < 4.78 is 29.0. The van der Waals surface area contributed by atoms with Crippen molar-refractivity contribution in [2.75, 3.05) is 9.80 Å². The summed E-state index contributed by atoms with van der Waals surface area (Å²) in [4.78, 5) is 4.75. The molecule has 0 fully saturated rings. The zero-order chi connectivity index (χ0) is 83.1. The van der Waals surface area contributed by atoms with Crippen molar-refractivity contribution in [1.29, 1.82) is 0 Å². The Morgan fingerprint density at radius 2 is 0.581 bits per heavy atom. The van der Waals surface area contributed by atoms with Crippen LogP contribution >= 0.6 is 11.3 Å². The Labute approximate surface area is 727 Å². The molecule has 0 amide bonds. The Balaban J connectivity index is 0.000000149. The van der Waals surface area contributed by atoms with Gasteiger partial charge in [0.15, 0.2) is 46.0 Å². The van der Waals surface area contributed by atoms with Gasteiger partial charge < -0.3 is 28.7 Å². The van der Waals surface area contributed by atoms with Crippen LogP contribution in [0.5, 0.6) is 46.0 Å². The van der Waals surface area contributed by atoms with Crippen molar-refractivity contribution in [3.63, 3.8) is 0 Å². The number of aryl methyl sites for hydroxylation is 4. The molecular weight excluding hydrogens is 1530 g/mol. The molecule has 124 heavy (non-hydrogen) atoms. The average Bonchev–Trinajstić information content (AvgIpc) is 1.53. The zero-order valence-electron chi connectivity index (χ0n) is 69.5. The molecule has 18 aromatic carbocycles. The Hall–Kier alpha value is -15.0. The van der Waals surface area contributed by atoms with Crippen LogP contribution in [0.3, 0.4) is 0 Å². The highest BCUT2D eigenvalue weighted by molar-refractivity contribution is 7.25. The normalized spacial score (nSPS) is 15.2. The van der Waals surface area contributed by atoms with Crippen molar-refractivity contribution >= 4 is 65.6 Å². The van der Waals surface area contributed by atoms with Crippen LogP contribution in [-0.4, -0.2) is 0 Å². The lowest BCUT2D eigenvalue weighted by Gasteiger charge is -2.35. The third-order valence-corrected chi connectivity index (χ3v) is 27.2. The summed E-state index contributed by atoms with van der Waals surface area (Å²) in [6.07, 6.45) is 0. The van der Waals surface area contributed by atoms with Gasteiger partial charge in [0, 0.05) is 70.8 Å². The van der Waals surface area contributed by atoms with Gasteiger partial charge in [0.05, 0.1) is 10.8 Å². The largest absolute Gasteiger partial charge is 0.449 e. The molecule has 0 spiro atoms. The number of thiophene rings is 1. The maximum atomic E-state index is 6.83. The number of anilines is 6. The van der Waals surface area contributed by atoms with E-state index in [9.17, 15) is 0 Å². The fraction of sp³-hybridized carbons (Fsp3) is 0.0769. The van der Waals surface area contributed by atoms with Gasteiger partial charge in [0.25, 0.3) is 0 Å². The van der Waals surface area contributed by atoms with Gasteiger partial charge in [-0.1, -0.05) is 321 Å². The first-order valence-corrected chi connectivity index (χ1v) is 43.5. The quantitative estimate of drug-likeness (QED) is 0.121. The van der Waals surface area contributed by atoms with E-state index in [1.807, 2.05) is 59.9 Å². The molecule has 3 heterocycles. The maximum Gasteiger partial charge on any atom is 0.178 e. The third kappa shape index (κ3) is 11.8. The zero-order valence-corrected chi connectivity index (χ0v) is 70.4. The molecule has 24 rings (SSSR count). The first kappa shape index (κ1) is 74.1. The van der Waals surface area contributed by atoms with Crippen molar-refractivity contribution in [3.05, 3.63) is 478 Å². The van der Waals surface area contributed by atoms with E-state index in [0.717, 1.165) is 102 Å². The van der Waals surface area contributed by atoms with Crippen LogP contribution in [0.2, 0.25) is 0 Å². The minimum Gasteiger partial charge on any atom is -0.449 e. The van der Waals surface area contributed by atoms with Gasteiger partial charge in [0.2, 0.25) is 0 Å². The molecule has 0 saturated carbocycles. The highest BCUT2D eigenvalue weighted by atomic mass is 32.1. The van der Waals surface area contributed by atoms with Gasteiger partial charge in [-0.25, -0.2) is 0 Å². The molecule has 0 bridgehead atoms. The van der Waals surface area contributed by atoms with Gasteiger partial charge in [-0.3, -0.25) is 0 Å². The summed E-state index contributed by atoms with van der Waals surface area (Å²) in [5, 5.41) is 2.53. The van der Waals surface area contributed by atoms with Gasteiger partial charge in [0.1, 0.15) is 0 Å². The standard InChI is InChI=1S/C68H53NO2.C49H31NO2S/c1-42-34-43(2)37-48(36-42)46-20-25-52(26-21-46)69(53-27-22-47(23-28-53)49-38-44(3)35-45(4)39-49)54-29-31-56-55-30-24-51(40-60(55)67(5,6)61(56)41-54)68(50-14-8-7-9-15-50)58-17-11-10-16-57(58)65-59(68)32-33-64-66(65)71-63-19-13-12-18-62(63)70-64;1-4-14-32(15-5-1)49(40-21-11-10-20-39(40)47-41(49)28-29-44-48(47)52-43-23-13-12-22-42(43)51-44)33-24-26-37-38-27-25-36(31-46(38)53-45(37)30-33)50(34-16-6-2-7-17-34)35-18-8-3-9-19-35/h7-41H,1-6H3;1-31H. The lowest BCUT2D eigenvalue weighted by molar-refractivity contribution is 0.360. The Kier molecular flexibility index (Phi) is 17.4. The molecule has 19 aromatic rings. The van der Waals surface area contributed by atoms with Crippen molar-refractivity contribution in [1.82, 2.24) is 0 Å². The second kappa shape index (κ2) is 29.1. The van der Waals surface area contributed by atoms with E-state index in [1.54, 1.807) is 0 Å².